The highest BCUT2D eigenvalue weighted by Crippen LogP contribution is 2.08. The van der Waals surface area contributed by atoms with Crippen molar-refractivity contribution in [2.75, 3.05) is 13.1 Å². The van der Waals surface area contributed by atoms with Gasteiger partial charge in [-0.05, 0) is 38.8 Å². The van der Waals surface area contributed by atoms with E-state index in [0.29, 0.717) is 11.7 Å². The fraction of sp³-hybridized carbons (Fsp3) is 0.667. The Morgan fingerprint density at radius 1 is 1.71 bits per heavy atom. The number of carbonyl (C=O) groups excluding carboxylic acids is 1. The molecule has 1 aliphatic heterocycles. The van der Waals surface area contributed by atoms with E-state index in [1.54, 1.807) is 11.7 Å². The molecule has 0 saturated carbocycles. The zero-order valence-electron chi connectivity index (χ0n) is 10.5. The fourth-order valence-electron chi connectivity index (χ4n) is 2.28. The Bertz CT molecular complexity index is 393. The van der Waals surface area contributed by atoms with Crippen molar-refractivity contribution in [3.63, 3.8) is 0 Å². The van der Waals surface area contributed by atoms with Crippen LogP contribution < -0.4 is 10.6 Å². The molecular weight excluding hydrogens is 216 g/mol. The van der Waals surface area contributed by atoms with Crippen molar-refractivity contribution in [2.24, 2.45) is 7.05 Å². The first-order valence-electron chi connectivity index (χ1n) is 6.19. The van der Waals surface area contributed by atoms with Crippen LogP contribution in [0.15, 0.2) is 6.07 Å². The number of hydrogen-bond acceptors (Lipinski definition) is 3. The Kier molecular flexibility index (Phi) is 3.78. The van der Waals surface area contributed by atoms with Crippen LogP contribution in [0.5, 0.6) is 0 Å². The normalized spacial score (nSPS) is 19.5. The quantitative estimate of drug-likeness (QED) is 0.805. The second kappa shape index (κ2) is 5.31. The first kappa shape index (κ1) is 12.1. The second-order valence-corrected chi connectivity index (χ2v) is 4.63. The molecule has 0 unspecified atom stereocenters. The predicted molar refractivity (Wildman–Crippen MR) is 65.9 cm³/mol. The summed E-state index contributed by atoms with van der Waals surface area (Å²) >= 11 is 0. The third-order valence-corrected chi connectivity index (χ3v) is 3.18. The summed E-state index contributed by atoms with van der Waals surface area (Å²) in [5, 5.41) is 10.5. The summed E-state index contributed by atoms with van der Waals surface area (Å²) in [6.07, 6.45) is 3.48. The summed E-state index contributed by atoms with van der Waals surface area (Å²) in [6, 6.07) is 2.38. The minimum Gasteiger partial charge on any atom is -0.351 e. The Labute approximate surface area is 102 Å². The number of aryl methyl sites for hydroxylation is 2. The molecular formula is C12H20N4O. The van der Waals surface area contributed by atoms with Crippen LogP contribution in [0, 0.1) is 6.92 Å². The van der Waals surface area contributed by atoms with E-state index in [1.807, 2.05) is 13.0 Å². The molecule has 5 heteroatoms. The van der Waals surface area contributed by atoms with Crippen molar-refractivity contribution in [1.29, 1.82) is 0 Å². The molecule has 1 aliphatic rings. The summed E-state index contributed by atoms with van der Waals surface area (Å²) in [5.41, 5.74) is 1.50. The molecule has 94 valence electrons. The average molecular weight is 236 g/mol. The van der Waals surface area contributed by atoms with Crippen LogP contribution in [-0.4, -0.2) is 34.8 Å². The highest BCUT2D eigenvalue weighted by molar-refractivity contribution is 5.92. The van der Waals surface area contributed by atoms with Gasteiger partial charge >= 0.3 is 0 Å². The van der Waals surface area contributed by atoms with E-state index in [9.17, 15) is 4.79 Å². The van der Waals surface area contributed by atoms with Crippen molar-refractivity contribution in [1.82, 2.24) is 20.4 Å². The third kappa shape index (κ3) is 3.06. The molecule has 0 spiro atoms. The van der Waals surface area contributed by atoms with E-state index in [-0.39, 0.29) is 5.91 Å². The van der Waals surface area contributed by atoms with Gasteiger partial charge in [0.2, 0.25) is 0 Å². The Morgan fingerprint density at radius 2 is 2.53 bits per heavy atom. The van der Waals surface area contributed by atoms with Gasteiger partial charge in [-0.1, -0.05) is 0 Å². The summed E-state index contributed by atoms with van der Waals surface area (Å²) in [6.45, 7) is 3.72. The van der Waals surface area contributed by atoms with Crippen LogP contribution in [-0.2, 0) is 7.05 Å². The minimum absolute atomic E-state index is 0.0360. The molecule has 0 bridgehead atoms. The molecule has 1 saturated heterocycles. The van der Waals surface area contributed by atoms with E-state index in [0.717, 1.165) is 25.2 Å². The van der Waals surface area contributed by atoms with Crippen molar-refractivity contribution < 1.29 is 4.79 Å². The molecule has 1 aromatic rings. The van der Waals surface area contributed by atoms with Crippen LogP contribution in [0.25, 0.3) is 0 Å². The fourth-order valence-corrected chi connectivity index (χ4v) is 2.28. The first-order valence-corrected chi connectivity index (χ1v) is 6.19. The van der Waals surface area contributed by atoms with Gasteiger partial charge in [0, 0.05) is 19.6 Å². The monoisotopic (exact) mass is 236 g/mol. The molecule has 1 atom stereocenters. The summed E-state index contributed by atoms with van der Waals surface area (Å²) in [7, 11) is 1.79. The Balaban J connectivity index is 1.78. The number of nitrogens with zero attached hydrogens (tertiary/aromatic N) is 2. The molecule has 17 heavy (non-hydrogen) atoms. The van der Waals surface area contributed by atoms with Gasteiger partial charge in [0.1, 0.15) is 5.69 Å². The lowest BCUT2D eigenvalue weighted by molar-refractivity contribution is 0.0943. The zero-order valence-corrected chi connectivity index (χ0v) is 10.5. The predicted octanol–water partition coefficient (Wildman–Crippen LogP) is 0.600. The molecule has 1 fully saturated rings. The number of carbonyl (C=O) groups is 1. The standard InChI is InChI=1S/C12H20N4O/c1-9-8-11(16(2)15-9)12(17)14-7-5-10-4-3-6-13-10/h8,10,13H,3-7H2,1-2H3,(H,14,17)/t10-/m1/s1. The Hall–Kier alpha value is -1.36. The minimum atomic E-state index is -0.0360. The third-order valence-electron chi connectivity index (χ3n) is 3.18. The summed E-state index contributed by atoms with van der Waals surface area (Å²) in [5.74, 6) is -0.0360. The molecule has 1 amide bonds. The van der Waals surface area contributed by atoms with Gasteiger partial charge in [-0.3, -0.25) is 9.48 Å². The maximum absolute atomic E-state index is 11.9. The van der Waals surface area contributed by atoms with Gasteiger partial charge < -0.3 is 10.6 Å². The SMILES string of the molecule is Cc1cc(C(=O)NCC[C@H]2CCCN2)n(C)n1. The molecule has 0 radical (unpaired) electrons. The highest BCUT2D eigenvalue weighted by atomic mass is 16.2. The number of nitrogens with one attached hydrogen (secondary N) is 2. The van der Waals surface area contributed by atoms with Crippen molar-refractivity contribution in [3.8, 4) is 0 Å². The average Bonchev–Trinajstić information content (AvgIpc) is 2.88. The summed E-state index contributed by atoms with van der Waals surface area (Å²) < 4.78 is 1.62. The molecule has 1 aromatic heterocycles. The number of aromatic nitrogens is 2. The lowest BCUT2D eigenvalue weighted by Gasteiger charge is -2.10. The largest absolute Gasteiger partial charge is 0.351 e. The van der Waals surface area contributed by atoms with E-state index in [1.165, 1.54) is 12.8 Å². The zero-order chi connectivity index (χ0) is 12.3. The van der Waals surface area contributed by atoms with Crippen LogP contribution in [0.3, 0.4) is 0 Å². The van der Waals surface area contributed by atoms with Crippen molar-refractivity contribution in [3.05, 3.63) is 17.5 Å². The summed E-state index contributed by atoms with van der Waals surface area (Å²) in [4.78, 5) is 11.9. The van der Waals surface area contributed by atoms with Gasteiger partial charge in [-0.15, -0.1) is 0 Å². The van der Waals surface area contributed by atoms with Crippen molar-refractivity contribution in [2.45, 2.75) is 32.2 Å². The van der Waals surface area contributed by atoms with E-state index < -0.39 is 0 Å². The molecule has 0 aromatic carbocycles. The Morgan fingerprint density at radius 3 is 3.12 bits per heavy atom. The van der Waals surface area contributed by atoms with Gasteiger partial charge in [-0.25, -0.2) is 0 Å². The highest BCUT2D eigenvalue weighted by Gasteiger charge is 2.15. The molecule has 0 aliphatic carbocycles. The van der Waals surface area contributed by atoms with Gasteiger partial charge in [0.25, 0.3) is 5.91 Å². The van der Waals surface area contributed by atoms with Crippen molar-refractivity contribution >= 4 is 5.91 Å². The molecule has 2 rings (SSSR count). The van der Waals surface area contributed by atoms with Crippen LogP contribution in [0.4, 0.5) is 0 Å². The number of rotatable bonds is 4. The topological polar surface area (TPSA) is 59.0 Å². The number of amides is 1. The molecule has 2 N–H and O–H groups in total. The maximum Gasteiger partial charge on any atom is 0.269 e. The van der Waals surface area contributed by atoms with Crippen LogP contribution in [0.2, 0.25) is 0 Å². The lowest BCUT2D eigenvalue weighted by atomic mass is 10.1. The lowest BCUT2D eigenvalue weighted by Crippen LogP contribution is -2.31. The van der Waals surface area contributed by atoms with E-state index in [2.05, 4.69) is 15.7 Å². The van der Waals surface area contributed by atoms with Crippen LogP contribution in [0.1, 0.15) is 35.4 Å². The van der Waals surface area contributed by atoms with E-state index >= 15 is 0 Å². The molecule has 2 heterocycles. The number of hydrogen-bond donors (Lipinski definition) is 2. The second-order valence-electron chi connectivity index (χ2n) is 4.63. The molecule has 5 nitrogen and oxygen atoms in total. The maximum atomic E-state index is 11.9. The van der Waals surface area contributed by atoms with Gasteiger partial charge in [-0.2, -0.15) is 5.10 Å². The van der Waals surface area contributed by atoms with Gasteiger partial charge in [0.15, 0.2) is 0 Å². The smallest absolute Gasteiger partial charge is 0.269 e. The van der Waals surface area contributed by atoms with E-state index in [4.69, 9.17) is 0 Å². The van der Waals surface area contributed by atoms with Crippen LogP contribution >= 0.6 is 0 Å². The van der Waals surface area contributed by atoms with Gasteiger partial charge in [0.05, 0.1) is 5.69 Å². The first-order chi connectivity index (χ1) is 8.16.